The lowest BCUT2D eigenvalue weighted by Gasteiger charge is -2.14. The number of nitrogens with zero attached hydrogens (tertiary/aromatic N) is 1. The van der Waals surface area contributed by atoms with Crippen molar-refractivity contribution < 1.29 is 33.4 Å². The summed E-state index contributed by atoms with van der Waals surface area (Å²) in [6.45, 7) is 0.192. The van der Waals surface area contributed by atoms with Gasteiger partial charge in [-0.15, -0.1) is 0 Å². The van der Waals surface area contributed by atoms with Gasteiger partial charge in [0.1, 0.15) is 18.1 Å². The molecule has 0 radical (unpaired) electrons. The predicted octanol–water partition coefficient (Wildman–Crippen LogP) is 4.77. The number of furan rings is 1. The second-order valence-corrected chi connectivity index (χ2v) is 7.88. The molecule has 1 fully saturated rings. The van der Waals surface area contributed by atoms with Crippen LogP contribution in [0.25, 0.3) is 17.4 Å². The zero-order chi connectivity index (χ0) is 23.4. The molecule has 0 atom stereocenters. The third kappa shape index (κ3) is 4.78. The summed E-state index contributed by atoms with van der Waals surface area (Å²) in [5, 5.41) is 8.96. The first-order valence-electron chi connectivity index (χ1n) is 9.91. The van der Waals surface area contributed by atoms with Gasteiger partial charge in [0, 0.05) is 11.6 Å². The number of imide groups is 1. The van der Waals surface area contributed by atoms with Crippen LogP contribution in [0.2, 0.25) is 0 Å². The number of benzene rings is 2. The molecule has 33 heavy (non-hydrogen) atoms. The second-order valence-electron chi connectivity index (χ2n) is 6.89. The molecule has 1 aliphatic rings. The Hall–Kier alpha value is -3.98. The van der Waals surface area contributed by atoms with Crippen molar-refractivity contribution in [1.29, 1.82) is 0 Å². The fourth-order valence-corrected chi connectivity index (χ4v) is 4.11. The minimum atomic E-state index is -1.07. The minimum absolute atomic E-state index is 0.0788. The number of carbonyl (C=O) groups is 3. The van der Waals surface area contributed by atoms with Crippen molar-refractivity contribution in [3.05, 3.63) is 76.9 Å². The number of rotatable bonds is 8. The maximum atomic E-state index is 12.7. The molecule has 1 aliphatic heterocycles. The fourth-order valence-electron chi connectivity index (χ4n) is 3.27. The Kier molecular flexibility index (Phi) is 6.50. The lowest BCUT2D eigenvalue weighted by Crippen LogP contribution is -2.32. The maximum Gasteiger partial charge on any atom is 0.336 e. The van der Waals surface area contributed by atoms with Gasteiger partial charge in [-0.2, -0.15) is 0 Å². The zero-order valence-electron chi connectivity index (χ0n) is 17.5. The molecule has 0 bridgehead atoms. The van der Waals surface area contributed by atoms with Gasteiger partial charge in [0.25, 0.3) is 11.1 Å². The van der Waals surface area contributed by atoms with Crippen molar-refractivity contribution in [2.75, 3.05) is 20.3 Å². The van der Waals surface area contributed by atoms with E-state index in [0.29, 0.717) is 28.6 Å². The SMILES string of the molecule is COc1ccccc1OCCN1C(=O)S/C(=C\c2ccc(-c3ccccc3C(=O)O)o2)C1=O. The molecular formula is C24H19NO7S. The lowest BCUT2D eigenvalue weighted by molar-refractivity contribution is -0.123. The highest BCUT2D eigenvalue weighted by Gasteiger charge is 2.35. The third-order valence-corrected chi connectivity index (χ3v) is 5.75. The number of para-hydroxylation sites is 2. The summed E-state index contributed by atoms with van der Waals surface area (Å²) in [4.78, 5) is 37.8. The number of ether oxygens (including phenoxy) is 2. The number of thioether (sulfide) groups is 1. The Bertz CT molecular complexity index is 1250. The molecule has 8 nitrogen and oxygen atoms in total. The molecule has 2 aromatic carbocycles. The van der Waals surface area contributed by atoms with E-state index in [1.807, 2.05) is 6.07 Å². The van der Waals surface area contributed by atoms with Gasteiger partial charge in [-0.1, -0.05) is 30.3 Å². The lowest BCUT2D eigenvalue weighted by atomic mass is 10.1. The highest BCUT2D eigenvalue weighted by Crippen LogP contribution is 2.34. The number of hydrogen-bond acceptors (Lipinski definition) is 7. The van der Waals surface area contributed by atoms with E-state index in [0.717, 1.165) is 16.7 Å². The summed E-state index contributed by atoms with van der Waals surface area (Å²) < 4.78 is 16.6. The molecule has 1 saturated heterocycles. The minimum Gasteiger partial charge on any atom is -0.493 e. The molecule has 0 spiro atoms. The largest absolute Gasteiger partial charge is 0.493 e. The van der Waals surface area contributed by atoms with Crippen LogP contribution in [-0.2, 0) is 4.79 Å². The monoisotopic (exact) mass is 465 g/mol. The van der Waals surface area contributed by atoms with Crippen molar-refractivity contribution >= 4 is 35.0 Å². The first kappa shape index (κ1) is 22.2. The van der Waals surface area contributed by atoms with Gasteiger partial charge in [-0.05, 0) is 42.1 Å². The summed E-state index contributed by atoms with van der Waals surface area (Å²) in [6, 6.07) is 16.8. The Morgan fingerprint density at radius 2 is 1.79 bits per heavy atom. The molecule has 1 aromatic heterocycles. The van der Waals surface area contributed by atoms with Gasteiger partial charge in [0.15, 0.2) is 11.5 Å². The molecule has 1 N–H and O–H groups in total. The Labute approximate surface area is 193 Å². The number of amides is 2. The quantitative estimate of drug-likeness (QED) is 0.474. The van der Waals surface area contributed by atoms with Gasteiger partial charge in [-0.3, -0.25) is 14.5 Å². The Balaban J connectivity index is 1.45. The van der Waals surface area contributed by atoms with Crippen LogP contribution in [0.3, 0.4) is 0 Å². The molecule has 0 aliphatic carbocycles. The molecule has 3 aromatic rings. The predicted molar refractivity (Wildman–Crippen MR) is 122 cm³/mol. The highest BCUT2D eigenvalue weighted by atomic mass is 32.2. The van der Waals surface area contributed by atoms with Crippen LogP contribution in [0, 0.1) is 0 Å². The van der Waals surface area contributed by atoms with E-state index in [9.17, 15) is 19.5 Å². The third-order valence-electron chi connectivity index (χ3n) is 4.84. The summed E-state index contributed by atoms with van der Waals surface area (Å²) in [5.74, 6) is 0.249. The molecule has 168 valence electrons. The first-order valence-corrected chi connectivity index (χ1v) is 10.7. The van der Waals surface area contributed by atoms with Crippen molar-refractivity contribution in [2.45, 2.75) is 0 Å². The zero-order valence-corrected chi connectivity index (χ0v) is 18.3. The molecule has 2 heterocycles. The van der Waals surface area contributed by atoms with Crippen LogP contribution in [0.15, 0.2) is 70.0 Å². The van der Waals surface area contributed by atoms with Gasteiger partial charge < -0.3 is 19.0 Å². The van der Waals surface area contributed by atoms with E-state index in [4.69, 9.17) is 13.9 Å². The van der Waals surface area contributed by atoms with Gasteiger partial charge >= 0.3 is 5.97 Å². The van der Waals surface area contributed by atoms with E-state index in [1.54, 1.807) is 48.5 Å². The van der Waals surface area contributed by atoms with E-state index < -0.39 is 17.1 Å². The van der Waals surface area contributed by atoms with Crippen molar-refractivity contribution in [3.8, 4) is 22.8 Å². The fraction of sp³-hybridized carbons (Fsp3) is 0.125. The number of carbonyl (C=O) groups excluding carboxylic acids is 2. The van der Waals surface area contributed by atoms with Crippen LogP contribution < -0.4 is 9.47 Å². The van der Waals surface area contributed by atoms with Crippen LogP contribution in [0.1, 0.15) is 16.1 Å². The molecule has 2 amide bonds. The smallest absolute Gasteiger partial charge is 0.336 e. The van der Waals surface area contributed by atoms with E-state index in [2.05, 4.69) is 0 Å². The van der Waals surface area contributed by atoms with Crippen LogP contribution in [0.4, 0.5) is 4.79 Å². The number of aromatic carboxylic acids is 1. The second kappa shape index (κ2) is 9.66. The summed E-state index contributed by atoms with van der Waals surface area (Å²) in [6.07, 6.45) is 1.47. The van der Waals surface area contributed by atoms with Gasteiger partial charge in [0.2, 0.25) is 0 Å². The number of methoxy groups -OCH3 is 1. The standard InChI is InChI=1S/C24H19NO7S/c1-30-19-8-4-5-9-20(19)31-13-12-25-22(26)21(33-24(25)29)14-15-10-11-18(32-15)16-6-2-3-7-17(16)23(27)28/h2-11,14H,12-13H2,1H3,(H,27,28)/b21-14-. The van der Waals surface area contributed by atoms with E-state index >= 15 is 0 Å². The Morgan fingerprint density at radius 3 is 2.55 bits per heavy atom. The molecule has 9 heteroatoms. The topological polar surface area (TPSA) is 106 Å². The summed E-state index contributed by atoms with van der Waals surface area (Å²) >= 11 is 0.808. The summed E-state index contributed by atoms with van der Waals surface area (Å²) in [7, 11) is 1.53. The van der Waals surface area contributed by atoms with Crippen LogP contribution >= 0.6 is 11.8 Å². The van der Waals surface area contributed by atoms with Gasteiger partial charge in [-0.25, -0.2) is 4.79 Å². The van der Waals surface area contributed by atoms with Crippen molar-refractivity contribution in [3.63, 3.8) is 0 Å². The molecule has 0 saturated carbocycles. The van der Waals surface area contributed by atoms with Crippen molar-refractivity contribution in [1.82, 2.24) is 4.90 Å². The average Bonchev–Trinajstić information content (AvgIpc) is 3.39. The van der Waals surface area contributed by atoms with E-state index in [-0.39, 0.29) is 23.6 Å². The highest BCUT2D eigenvalue weighted by molar-refractivity contribution is 8.18. The van der Waals surface area contributed by atoms with Crippen LogP contribution in [-0.4, -0.2) is 47.4 Å². The van der Waals surface area contributed by atoms with E-state index in [1.165, 1.54) is 19.3 Å². The number of carboxylic acids is 1. The maximum absolute atomic E-state index is 12.7. The molecule has 4 rings (SSSR count). The Morgan fingerprint density at radius 1 is 1.06 bits per heavy atom. The number of hydrogen-bond donors (Lipinski definition) is 1. The summed E-state index contributed by atoms with van der Waals surface area (Å²) in [5.41, 5.74) is 0.528. The van der Waals surface area contributed by atoms with Crippen molar-refractivity contribution in [2.24, 2.45) is 0 Å². The van der Waals surface area contributed by atoms with Gasteiger partial charge in [0.05, 0.1) is 24.1 Å². The molecule has 0 unspecified atom stereocenters. The molecular weight excluding hydrogens is 446 g/mol. The normalized spacial score (nSPS) is 14.7. The average molecular weight is 465 g/mol. The number of carboxylic acid groups (broad SMARTS) is 1. The first-order chi connectivity index (χ1) is 16.0. The van der Waals surface area contributed by atoms with Crippen LogP contribution in [0.5, 0.6) is 11.5 Å².